The predicted molar refractivity (Wildman–Crippen MR) is 41.9 cm³/mol. The smallest absolute Gasteiger partial charge is 0.150 e. The minimum atomic E-state index is -1.07. The average molecular weight is 163 g/mol. The van der Waals surface area contributed by atoms with Crippen molar-refractivity contribution in [2.24, 2.45) is 5.92 Å². The van der Waals surface area contributed by atoms with E-state index in [2.05, 4.69) is 4.72 Å². The normalized spacial score (nSPS) is 13.6. The second-order valence-corrected chi connectivity index (χ2v) is 3.59. The Labute approximate surface area is 63.8 Å². The minimum Gasteiger partial charge on any atom is -0.298 e. The first-order chi connectivity index (χ1) is 4.54. The van der Waals surface area contributed by atoms with Gasteiger partial charge in [-0.1, -0.05) is 13.8 Å². The molecule has 0 bridgehead atoms. The van der Waals surface area contributed by atoms with Crippen LogP contribution in [-0.4, -0.2) is 22.8 Å². The molecular formula is C6H13NO2S. The van der Waals surface area contributed by atoms with Gasteiger partial charge >= 0.3 is 0 Å². The molecule has 0 rings (SSSR count). The van der Waals surface area contributed by atoms with E-state index in [0.29, 0.717) is 0 Å². The van der Waals surface area contributed by atoms with Gasteiger partial charge in [-0.3, -0.25) is 4.79 Å². The molecule has 0 aliphatic rings. The minimum absolute atomic E-state index is 0.0241. The van der Waals surface area contributed by atoms with Crippen molar-refractivity contribution in [1.29, 1.82) is 0 Å². The number of carbonyl (C=O) groups is 1. The van der Waals surface area contributed by atoms with Crippen LogP contribution < -0.4 is 4.72 Å². The molecule has 0 radical (unpaired) electrons. The second kappa shape index (κ2) is 4.57. The van der Waals surface area contributed by atoms with Crippen LogP contribution in [0.25, 0.3) is 0 Å². The molecule has 1 unspecified atom stereocenters. The van der Waals surface area contributed by atoms with Crippen molar-refractivity contribution in [1.82, 2.24) is 4.72 Å². The van der Waals surface area contributed by atoms with E-state index in [0.717, 1.165) is 0 Å². The summed E-state index contributed by atoms with van der Waals surface area (Å²) in [6.07, 6.45) is 1.51. The van der Waals surface area contributed by atoms with Gasteiger partial charge in [-0.2, -0.15) is 0 Å². The molecule has 0 amide bonds. The van der Waals surface area contributed by atoms with E-state index in [1.165, 1.54) is 6.26 Å². The average Bonchev–Trinajstić information content (AvgIpc) is 1.82. The lowest BCUT2D eigenvalue weighted by Crippen LogP contribution is -2.26. The van der Waals surface area contributed by atoms with Gasteiger partial charge in [-0.05, 0) is 0 Å². The van der Waals surface area contributed by atoms with Gasteiger partial charge in [0.15, 0.2) is 0 Å². The molecule has 0 aliphatic heterocycles. The Morgan fingerprint density at radius 1 is 1.60 bits per heavy atom. The van der Waals surface area contributed by atoms with Crippen LogP contribution in [-0.2, 0) is 15.8 Å². The fraction of sp³-hybridized carbons (Fsp3) is 0.833. The molecule has 0 aromatic carbocycles. The molecule has 4 heteroatoms. The summed E-state index contributed by atoms with van der Waals surface area (Å²) >= 11 is 0. The first-order valence-electron chi connectivity index (χ1n) is 3.13. The maximum absolute atomic E-state index is 10.9. The molecule has 0 saturated carbocycles. The molecule has 0 spiro atoms. The molecular weight excluding hydrogens is 150 g/mol. The van der Waals surface area contributed by atoms with Crippen molar-refractivity contribution in [3.05, 3.63) is 0 Å². The lowest BCUT2D eigenvalue weighted by molar-refractivity contribution is -0.120. The number of ketones is 1. The van der Waals surface area contributed by atoms with Crippen LogP contribution in [0.15, 0.2) is 0 Å². The molecule has 0 saturated heterocycles. The van der Waals surface area contributed by atoms with Gasteiger partial charge in [0.2, 0.25) is 0 Å². The Balaban J connectivity index is 3.50. The van der Waals surface area contributed by atoms with E-state index >= 15 is 0 Å². The van der Waals surface area contributed by atoms with Crippen LogP contribution >= 0.6 is 0 Å². The van der Waals surface area contributed by atoms with Crippen molar-refractivity contribution in [3.63, 3.8) is 0 Å². The van der Waals surface area contributed by atoms with Crippen LogP contribution in [0.2, 0.25) is 0 Å². The van der Waals surface area contributed by atoms with Crippen molar-refractivity contribution < 1.29 is 9.00 Å². The Kier molecular flexibility index (Phi) is 4.47. The molecule has 1 atom stereocenters. The van der Waals surface area contributed by atoms with Gasteiger partial charge in [0.25, 0.3) is 0 Å². The number of carbonyl (C=O) groups excluding carboxylic acids is 1. The van der Waals surface area contributed by atoms with Crippen LogP contribution in [0.3, 0.4) is 0 Å². The van der Waals surface area contributed by atoms with E-state index in [9.17, 15) is 9.00 Å². The second-order valence-electron chi connectivity index (χ2n) is 2.40. The van der Waals surface area contributed by atoms with E-state index < -0.39 is 11.0 Å². The van der Waals surface area contributed by atoms with Gasteiger partial charge in [0.1, 0.15) is 5.78 Å². The van der Waals surface area contributed by atoms with Crippen molar-refractivity contribution in [3.8, 4) is 0 Å². The van der Waals surface area contributed by atoms with Crippen LogP contribution in [0.5, 0.6) is 0 Å². The monoisotopic (exact) mass is 163 g/mol. The molecule has 0 fully saturated rings. The summed E-state index contributed by atoms with van der Waals surface area (Å²) < 4.78 is 13.0. The van der Waals surface area contributed by atoms with E-state index in [4.69, 9.17) is 0 Å². The topological polar surface area (TPSA) is 46.2 Å². The predicted octanol–water partition coefficient (Wildman–Crippen LogP) is 0.0946. The molecule has 0 heterocycles. The number of hydrogen-bond acceptors (Lipinski definition) is 2. The summed E-state index contributed by atoms with van der Waals surface area (Å²) in [5, 5.41) is 0. The molecule has 1 N–H and O–H groups in total. The fourth-order valence-corrected chi connectivity index (χ4v) is 0.722. The largest absolute Gasteiger partial charge is 0.298 e. The van der Waals surface area contributed by atoms with E-state index in [-0.39, 0.29) is 18.2 Å². The Bertz CT molecular complexity index is 145. The first-order valence-corrected chi connectivity index (χ1v) is 4.69. The van der Waals surface area contributed by atoms with E-state index in [1.807, 2.05) is 13.8 Å². The Morgan fingerprint density at radius 3 is 2.40 bits per heavy atom. The first kappa shape index (κ1) is 9.78. The number of hydrogen-bond donors (Lipinski definition) is 1. The highest BCUT2D eigenvalue weighted by atomic mass is 32.2. The highest BCUT2D eigenvalue weighted by molar-refractivity contribution is 7.82. The van der Waals surface area contributed by atoms with Gasteiger partial charge < -0.3 is 0 Å². The van der Waals surface area contributed by atoms with Crippen LogP contribution in [0.1, 0.15) is 13.8 Å². The van der Waals surface area contributed by atoms with Gasteiger partial charge in [0.05, 0.1) is 17.5 Å². The van der Waals surface area contributed by atoms with Crippen LogP contribution in [0.4, 0.5) is 0 Å². The van der Waals surface area contributed by atoms with E-state index in [1.54, 1.807) is 0 Å². The third kappa shape index (κ3) is 4.64. The van der Waals surface area contributed by atoms with Crippen LogP contribution in [0, 0.1) is 5.92 Å². The molecule has 60 valence electrons. The fourth-order valence-electron chi connectivity index (χ4n) is 0.377. The summed E-state index contributed by atoms with van der Waals surface area (Å²) in [5.74, 6) is 0.117. The molecule has 3 nitrogen and oxygen atoms in total. The summed E-state index contributed by atoms with van der Waals surface area (Å²) in [6, 6.07) is 0. The van der Waals surface area contributed by atoms with Crippen molar-refractivity contribution in [2.75, 3.05) is 12.8 Å². The third-order valence-electron chi connectivity index (χ3n) is 1.09. The number of rotatable bonds is 4. The SMILES string of the molecule is CC(C)C(=O)CNS(C)=O. The van der Waals surface area contributed by atoms with Crippen molar-refractivity contribution >= 4 is 16.8 Å². The third-order valence-corrected chi connectivity index (χ3v) is 1.64. The standard InChI is InChI=1S/C6H13NO2S/c1-5(2)6(8)4-7-10(3)9/h5,7H,4H2,1-3H3. The van der Waals surface area contributed by atoms with Gasteiger partial charge in [-0.15, -0.1) is 0 Å². The molecule has 0 aliphatic carbocycles. The summed E-state index contributed by atoms with van der Waals surface area (Å²) in [6.45, 7) is 3.85. The molecule has 0 aromatic heterocycles. The Hall–Kier alpha value is -0.220. The van der Waals surface area contributed by atoms with Gasteiger partial charge in [0, 0.05) is 12.2 Å². The molecule has 0 aromatic rings. The van der Waals surface area contributed by atoms with Gasteiger partial charge in [-0.25, -0.2) is 8.93 Å². The maximum atomic E-state index is 10.9. The van der Waals surface area contributed by atoms with Crippen molar-refractivity contribution in [2.45, 2.75) is 13.8 Å². The zero-order chi connectivity index (χ0) is 8.15. The summed E-state index contributed by atoms with van der Waals surface area (Å²) in [4.78, 5) is 10.9. The lowest BCUT2D eigenvalue weighted by atomic mass is 10.1. The zero-order valence-electron chi connectivity index (χ0n) is 6.51. The maximum Gasteiger partial charge on any atom is 0.150 e. The highest BCUT2D eigenvalue weighted by Crippen LogP contribution is 1.91. The number of Topliss-reactive ketones (excluding diaryl/α,β-unsaturated/α-hetero) is 1. The Morgan fingerprint density at radius 2 is 2.10 bits per heavy atom. The zero-order valence-corrected chi connectivity index (χ0v) is 7.33. The quantitative estimate of drug-likeness (QED) is 0.638. The highest BCUT2D eigenvalue weighted by Gasteiger charge is 2.05. The number of nitrogens with one attached hydrogen (secondary N) is 1. The summed E-state index contributed by atoms with van der Waals surface area (Å²) in [7, 11) is -1.07. The molecule has 10 heavy (non-hydrogen) atoms. The lowest BCUT2D eigenvalue weighted by Gasteiger charge is -2.02. The summed E-state index contributed by atoms with van der Waals surface area (Å²) in [5.41, 5.74) is 0.